The van der Waals surface area contributed by atoms with Crippen molar-refractivity contribution >= 4 is 16.7 Å². The molecule has 4 nitrogen and oxygen atoms in total. The Hall–Kier alpha value is -1.10. The number of hydrogen-bond donors (Lipinski definition) is 1. The first-order valence-electron chi connectivity index (χ1n) is 5.32. The standard InChI is InChI=1S/C11H19N3OS/c1-4-6-12-11-13-7-8-14(11)10(2)5-9-16(3)15/h4,7-8,10H,1,5-6,9H2,2-3H3,(H,12,13). The number of nitrogens with one attached hydrogen (secondary N) is 1. The molecule has 1 aromatic rings. The molecule has 0 fully saturated rings. The summed E-state index contributed by atoms with van der Waals surface area (Å²) in [6.45, 7) is 6.46. The van der Waals surface area contributed by atoms with Crippen LogP contribution in [0.1, 0.15) is 19.4 Å². The van der Waals surface area contributed by atoms with Crippen LogP contribution in [0, 0.1) is 0 Å². The molecule has 2 atom stereocenters. The first-order valence-corrected chi connectivity index (χ1v) is 7.05. The lowest BCUT2D eigenvalue weighted by Crippen LogP contribution is -2.12. The Morgan fingerprint density at radius 1 is 1.75 bits per heavy atom. The van der Waals surface area contributed by atoms with Crippen LogP contribution in [0.3, 0.4) is 0 Å². The van der Waals surface area contributed by atoms with Crippen LogP contribution in [0.25, 0.3) is 0 Å². The third-order valence-corrected chi connectivity index (χ3v) is 3.18. The van der Waals surface area contributed by atoms with E-state index in [-0.39, 0.29) is 0 Å². The zero-order valence-electron chi connectivity index (χ0n) is 9.85. The number of nitrogens with zero attached hydrogens (tertiary/aromatic N) is 2. The van der Waals surface area contributed by atoms with E-state index in [4.69, 9.17) is 0 Å². The lowest BCUT2D eigenvalue weighted by molar-refractivity contribution is 0.536. The molecule has 1 aromatic heterocycles. The van der Waals surface area contributed by atoms with Crippen LogP contribution in [0.15, 0.2) is 25.0 Å². The maximum absolute atomic E-state index is 11.0. The number of rotatable bonds is 7. The van der Waals surface area contributed by atoms with E-state index in [1.807, 2.05) is 6.20 Å². The van der Waals surface area contributed by atoms with E-state index < -0.39 is 10.8 Å². The second-order valence-corrected chi connectivity index (χ2v) is 5.30. The summed E-state index contributed by atoms with van der Waals surface area (Å²) in [6, 6.07) is 0.304. The summed E-state index contributed by atoms with van der Waals surface area (Å²) in [4.78, 5) is 4.23. The molecule has 1 rings (SSSR count). The number of imidazole rings is 1. The smallest absolute Gasteiger partial charge is 0.203 e. The van der Waals surface area contributed by atoms with Crippen molar-refractivity contribution in [1.82, 2.24) is 9.55 Å². The van der Waals surface area contributed by atoms with E-state index in [0.717, 1.165) is 18.1 Å². The minimum atomic E-state index is -0.730. The van der Waals surface area contributed by atoms with Gasteiger partial charge in [0.15, 0.2) is 0 Å². The van der Waals surface area contributed by atoms with E-state index in [1.165, 1.54) is 0 Å². The molecule has 0 radical (unpaired) electrons. The Bertz CT molecular complexity index is 362. The Labute approximate surface area is 99.2 Å². The molecule has 0 aliphatic heterocycles. The van der Waals surface area contributed by atoms with Crippen LogP contribution in [-0.2, 0) is 10.8 Å². The zero-order chi connectivity index (χ0) is 12.0. The van der Waals surface area contributed by atoms with Gasteiger partial charge in [0.05, 0.1) is 0 Å². The molecule has 90 valence electrons. The van der Waals surface area contributed by atoms with Gasteiger partial charge in [-0.2, -0.15) is 0 Å². The van der Waals surface area contributed by atoms with Crippen LogP contribution in [0.5, 0.6) is 0 Å². The van der Waals surface area contributed by atoms with E-state index in [2.05, 4.69) is 28.4 Å². The van der Waals surface area contributed by atoms with E-state index in [0.29, 0.717) is 12.6 Å². The van der Waals surface area contributed by atoms with Gasteiger partial charge in [0.2, 0.25) is 5.95 Å². The predicted octanol–water partition coefficient (Wildman–Crippen LogP) is 1.81. The molecule has 0 bridgehead atoms. The largest absolute Gasteiger partial charge is 0.352 e. The van der Waals surface area contributed by atoms with Gasteiger partial charge in [-0.1, -0.05) is 6.08 Å². The Morgan fingerprint density at radius 3 is 3.12 bits per heavy atom. The van der Waals surface area contributed by atoms with Gasteiger partial charge in [0, 0.05) is 47.8 Å². The summed E-state index contributed by atoms with van der Waals surface area (Å²) in [6.07, 6.45) is 8.13. The van der Waals surface area contributed by atoms with Crippen LogP contribution in [-0.4, -0.2) is 32.3 Å². The molecule has 0 saturated heterocycles. The lowest BCUT2D eigenvalue weighted by atomic mass is 10.2. The molecule has 0 aliphatic carbocycles. The molecular formula is C11H19N3OS. The average molecular weight is 241 g/mol. The molecule has 0 spiro atoms. The predicted molar refractivity (Wildman–Crippen MR) is 69.2 cm³/mol. The summed E-state index contributed by atoms with van der Waals surface area (Å²) < 4.78 is 13.1. The summed E-state index contributed by atoms with van der Waals surface area (Å²) in [7, 11) is -0.730. The van der Waals surface area contributed by atoms with Gasteiger partial charge in [-0.3, -0.25) is 4.21 Å². The number of hydrogen-bond acceptors (Lipinski definition) is 3. The first-order chi connectivity index (χ1) is 7.65. The van der Waals surface area contributed by atoms with Gasteiger partial charge in [0.1, 0.15) is 0 Å². The van der Waals surface area contributed by atoms with Crippen molar-refractivity contribution in [3.05, 3.63) is 25.0 Å². The molecule has 5 heteroatoms. The molecule has 2 unspecified atom stereocenters. The topological polar surface area (TPSA) is 46.9 Å². The molecule has 0 aliphatic rings. The van der Waals surface area contributed by atoms with Crippen LogP contribution in [0.4, 0.5) is 5.95 Å². The maximum Gasteiger partial charge on any atom is 0.203 e. The van der Waals surface area contributed by atoms with Gasteiger partial charge in [-0.05, 0) is 13.3 Å². The molecule has 0 saturated carbocycles. The maximum atomic E-state index is 11.0. The summed E-state index contributed by atoms with van der Waals surface area (Å²) in [5, 5.41) is 3.17. The Kier molecular flexibility index (Phi) is 5.25. The molecule has 0 aromatic carbocycles. The monoisotopic (exact) mass is 241 g/mol. The highest BCUT2D eigenvalue weighted by Crippen LogP contribution is 2.16. The highest BCUT2D eigenvalue weighted by atomic mass is 32.2. The Balaban J connectivity index is 2.59. The van der Waals surface area contributed by atoms with Crippen LogP contribution in [0.2, 0.25) is 0 Å². The normalized spacial score (nSPS) is 14.4. The molecule has 1 heterocycles. The van der Waals surface area contributed by atoms with E-state index in [1.54, 1.807) is 18.5 Å². The van der Waals surface area contributed by atoms with Crippen LogP contribution < -0.4 is 5.32 Å². The third-order valence-electron chi connectivity index (χ3n) is 2.37. The summed E-state index contributed by atoms with van der Waals surface area (Å²) in [5.74, 6) is 1.56. The van der Waals surface area contributed by atoms with Gasteiger partial charge in [-0.15, -0.1) is 6.58 Å². The van der Waals surface area contributed by atoms with E-state index >= 15 is 0 Å². The van der Waals surface area contributed by atoms with Crippen molar-refractivity contribution in [2.24, 2.45) is 0 Å². The molecule has 1 N–H and O–H groups in total. The fraction of sp³-hybridized carbons (Fsp3) is 0.545. The molecular weight excluding hydrogens is 222 g/mol. The summed E-state index contributed by atoms with van der Waals surface area (Å²) in [5.41, 5.74) is 0. The second-order valence-electron chi connectivity index (χ2n) is 3.74. The Morgan fingerprint density at radius 2 is 2.50 bits per heavy atom. The van der Waals surface area contributed by atoms with E-state index in [9.17, 15) is 4.21 Å². The van der Waals surface area contributed by atoms with Crippen molar-refractivity contribution in [3.63, 3.8) is 0 Å². The van der Waals surface area contributed by atoms with Crippen molar-refractivity contribution in [2.45, 2.75) is 19.4 Å². The van der Waals surface area contributed by atoms with Crippen LogP contribution >= 0.6 is 0 Å². The number of aromatic nitrogens is 2. The van der Waals surface area contributed by atoms with Crippen molar-refractivity contribution < 1.29 is 4.21 Å². The highest BCUT2D eigenvalue weighted by molar-refractivity contribution is 7.84. The van der Waals surface area contributed by atoms with Crippen molar-refractivity contribution in [1.29, 1.82) is 0 Å². The van der Waals surface area contributed by atoms with Gasteiger partial charge >= 0.3 is 0 Å². The fourth-order valence-corrected chi connectivity index (χ4v) is 2.12. The first kappa shape index (κ1) is 13.0. The number of anilines is 1. The fourth-order valence-electron chi connectivity index (χ4n) is 1.44. The quantitative estimate of drug-likeness (QED) is 0.741. The lowest BCUT2D eigenvalue weighted by Gasteiger charge is -2.15. The van der Waals surface area contributed by atoms with Crippen molar-refractivity contribution in [3.8, 4) is 0 Å². The third kappa shape index (κ3) is 3.81. The summed E-state index contributed by atoms with van der Waals surface area (Å²) >= 11 is 0. The minimum Gasteiger partial charge on any atom is -0.352 e. The molecule has 16 heavy (non-hydrogen) atoms. The highest BCUT2D eigenvalue weighted by Gasteiger charge is 2.09. The minimum absolute atomic E-state index is 0.304. The zero-order valence-corrected chi connectivity index (χ0v) is 10.7. The van der Waals surface area contributed by atoms with Crippen molar-refractivity contribution in [2.75, 3.05) is 23.9 Å². The van der Waals surface area contributed by atoms with Gasteiger partial charge < -0.3 is 9.88 Å². The second kappa shape index (κ2) is 6.48. The van der Waals surface area contributed by atoms with Gasteiger partial charge in [-0.25, -0.2) is 4.98 Å². The van der Waals surface area contributed by atoms with Gasteiger partial charge in [0.25, 0.3) is 0 Å². The average Bonchev–Trinajstić information content (AvgIpc) is 2.71. The molecule has 0 amide bonds. The SMILES string of the molecule is C=CCNc1nccn1C(C)CCS(C)=O.